The van der Waals surface area contributed by atoms with Crippen LogP contribution in [-0.4, -0.2) is 47.9 Å². The molecule has 1 aliphatic heterocycles. The van der Waals surface area contributed by atoms with Crippen molar-refractivity contribution in [3.63, 3.8) is 0 Å². The quantitative estimate of drug-likeness (QED) is 0.681. The number of likely N-dealkylation sites (tertiary alicyclic amines) is 1. The van der Waals surface area contributed by atoms with E-state index in [9.17, 15) is 9.59 Å². The average molecular weight is 393 g/mol. The van der Waals surface area contributed by atoms with Crippen molar-refractivity contribution in [1.82, 2.24) is 14.7 Å². The number of nitrogens with zero attached hydrogens (tertiary/aromatic N) is 3. The summed E-state index contributed by atoms with van der Waals surface area (Å²) in [5, 5.41) is 5.52. The fraction of sp³-hybridized carbons (Fsp3) is 0.318. The lowest BCUT2D eigenvalue weighted by Gasteiger charge is -2.26. The smallest absolute Gasteiger partial charge is 0.279 e. The lowest BCUT2D eigenvalue weighted by atomic mass is 10.1. The van der Waals surface area contributed by atoms with Crippen molar-refractivity contribution in [2.75, 3.05) is 27.3 Å². The van der Waals surface area contributed by atoms with Gasteiger partial charge in [0.1, 0.15) is 11.5 Å². The Bertz CT molecular complexity index is 1090. The number of fused-ring (bicyclic) bond motifs is 1. The van der Waals surface area contributed by atoms with E-state index in [0.717, 1.165) is 19.3 Å². The average Bonchev–Trinajstić information content (AvgIpc) is 2.79. The fourth-order valence-electron chi connectivity index (χ4n) is 3.68. The summed E-state index contributed by atoms with van der Waals surface area (Å²) >= 11 is 0. The summed E-state index contributed by atoms with van der Waals surface area (Å²) in [6, 6.07) is 12.2. The third-order valence-electron chi connectivity index (χ3n) is 5.23. The molecule has 7 nitrogen and oxygen atoms in total. The van der Waals surface area contributed by atoms with Gasteiger partial charge < -0.3 is 14.4 Å². The van der Waals surface area contributed by atoms with Gasteiger partial charge in [0.15, 0.2) is 5.69 Å². The molecule has 0 N–H and O–H groups in total. The molecular weight excluding hydrogens is 370 g/mol. The van der Waals surface area contributed by atoms with Gasteiger partial charge in [0, 0.05) is 36.7 Å². The second-order valence-corrected chi connectivity index (χ2v) is 7.03. The van der Waals surface area contributed by atoms with Gasteiger partial charge in [-0.25, -0.2) is 0 Å². The number of carbonyl (C=O) groups is 1. The van der Waals surface area contributed by atoms with E-state index in [-0.39, 0.29) is 17.2 Å². The largest absolute Gasteiger partial charge is 0.497 e. The Kier molecular flexibility index (Phi) is 5.20. The van der Waals surface area contributed by atoms with Crippen LogP contribution in [-0.2, 0) is 0 Å². The van der Waals surface area contributed by atoms with Crippen molar-refractivity contribution < 1.29 is 14.3 Å². The van der Waals surface area contributed by atoms with Crippen molar-refractivity contribution in [2.45, 2.75) is 19.3 Å². The van der Waals surface area contributed by atoms with Gasteiger partial charge in [-0.3, -0.25) is 9.59 Å². The Morgan fingerprint density at radius 1 is 0.931 bits per heavy atom. The second kappa shape index (κ2) is 7.95. The second-order valence-electron chi connectivity index (χ2n) is 7.03. The van der Waals surface area contributed by atoms with Crippen LogP contribution in [0.5, 0.6) is 11.5 Å². The first kappa shape index (κ1) is 19.0. The molecule has 0 radical (unpaired) electrons. The first-order valence-electron chi connectivity index (χ1n) is 9.67. The van der Waals surface area contributed by atoms with Crippen LogP contribution in [0, 0.1) is 0 Å². The zero-order valence-corrected chi connectivity index (χ0v) is 16.6. The van der Waals surface area contributed by atoms with Gasteiger partial charge in [0.2, 0.25) is 0 Å². The van der Waals surface area contributed by atoms with E-state index < -0.39 is 0 Å². The molecule has 0 bridgehead atoms. The molecule has 150 valence electrons. The molecule has 0 atom stereocenters. The van der Waals surface area contributed by atoms with E-state index in [2.05, 4.69) is 5.10 Å². The van der Waals surface area contributed by atoms with Crippen LogP contribution < -0.4 is 15.0 Å². The number of methoxy groups -OCH3 is 2. The number of aromatic nitrogens is 2. The van der Waals surface area contributed by atoms with Crippen molar-refractivity contribution in [3.8, 4) is 17.2 Å². The van der Waals surface area contributed by atoms with E-state index in [1.54, 1.807) is 50.6 Å². The van der Waals surface area contributed by atoms with Crippen molar-refractivity contribution in [1.29, 1.82) is 0 Å². The molecule has 0 spiro atoms. The first-order chi connectivity index (χ1) is 14.1. The number of benzene rings is 2. The van der Waals surface area contributed by atoms with Crippen molar-refractivity contribution in [3.05, 3.63) is 58.5 Å². The van der Waals surface area contributed by atoms with Crippen molar-refractivity contribution >= 4 is 16.7 Å². The Morgan fingerprint density at radius 2 is 1.55 bits per heavy atom. The summed E-state index contributed by atoms with van der Waals surface area (Å²) in [5.41, 5.74) is 0.458. The molecule has 7 heteroatoms. The predicted octanol–water partition coefficient (Wildman–Crippen LogP) is 3.03. The minimum Gasteiger partial charge on any atom is -0.497 e. The van der Waals surface area contributed by atoms with E-state index in [4.69, 9.17) is 9.47 Å². The Morgan fingerprint density at radius 3 is 2.17 bits per heavy atom. The number of amides is 1. The minimum absolute atomic E-state index is 0.149. The van der Waals surface area contributed by atoms with Gasteiger partial charge in [-0.2, -0.15) is 9.78 Å². The van der Waals surface area contributed by atoms with Crippen LogP contribution in [0.2, 0.25) is 0 Å². The highest BCUT2D eigenvalue weighted by Crippen LogP contribution is 2.25. The summed E-state index contributed by atoms with van der Waals surface area (Å²) in [7, 11) is 3.08. The maximum atomic E-state index is 13.3. The molecule has 2 heterocycles. The Hall–Kier alpha value is -3.35. The molecule has 29 heavy (non-hydrogen) atoms. The van der Waals surface area contributed by atoms with Gasteiger partial charge in [0.25, 0.3) is 11.5 Å². The highest BCUT2D eigenvalue weighted by Gasteiger charge is 2.24. The summed E-state index contributed by atoms with van der Waals surface area (Å²) in [5.74, 6) is 0.916. The number of hydrogen-bond acceptors (Lipinski definition) is 5. The van der Waals surface area contributed by atoms with Crippen molar-refractivity contribution in [2.24, 2.45) is 0 Å². The molecule has 1 amide bonds. The molecular formula is C22H23N3O4. The molecule has 0 unspecified atom stereocenters. The third-order valence-corrected chi connectivity index (χ3v) is 5.23. The molecule has 0 saturated carbocycles. The van der Waals surface area contributed by atoms with Crippen LogP contribution in [0.1, 0.15) is 29.8 Å². The van der Waals surface area contributed by atoms with Crippen LogP contribution in [0.15, 0.2) is 47.3 Å². The van der Waals surface area contributed by atoms with Gasteiger partial charge in [-0.1, -0.05) is 18.2 Å². The van der Waals surface area contributed by atoms with Crippen LogP contribution >= 0.6 is 0 Å². The van der Waals surface area contributed by atoms with Crippen LogP contribution in [0.25, 0.3) is 16.5 Å². The maximum Gasteiger partial charge on any atom is 0.279 e. The SMILES string of the molecule is COc1cc(OC)cc(-n2nc(C(=O)N3CCCCC3)c3ccccc3c2=O)c1. The van der Waals surface area contributed by atoms with Crippen LogP contribution in [0.3, 0.4) is 0 Å². The summed E-state index contributed by atoms with van der Waals surface area (Å²) in [4.78, 5) is 28.2. The molecule has 0 aliphatic carbocycles. The number of ether oxygens (including phenoxy) is 2. The summed E-state index contributed by atoms with van der Waals surface area (Å²) in [6.45, 7) is 1.42. The standard InChI is InChI=1S/C22H23N3O4/c1-28-16-12-15(13-17(14-16)29-2)25-21(26)19-9-5-4-8-18(19)20(23-25)22(27)24-10-6-3-7-11-24/h4-5,8-9,12-14H,3,6-7,10-11H2,1-2H3. The summed E-state index contributed by atoms with van der Waals surface area (Å²) < 4.78 is 11.9. The van der Waals surface area contributed by atoms with Gasteiger partial charge in [0.05, 0.1) is 25.3 Å². The predicted molar refractivity (Wildman–Crippen MR) is 110 cm³/mol. The van der Waals surface area contributed by atoms with Gasteiger partial charge >= 0.3 is 0 Å². The maximum absolute atomic E-state index is 13.3. The number of carbonyl (C=O) groups excluding carboxylic acids is 1. The normalized spacial score (nSPS) is 14.1. The lowest BCUT2D eigenvalue weighted by Crippen LogP contribution is -2.37. The topological polar surface area (TPSA) is 73.7 Å². The third kappa shape index (κ3) is 3.55. The molecule has 3 aromatic rings. The minimum atomic E-state index is -0.300. The molecule has 2 aromatic carbocycles. The lowest BCUT2D eigenvalue weighted by molar-refractivity contribution is 0.0718. The van der Waals surface area contributed by atoms with E-state index >= 15 is 0 Å². The number of piperidine rings is 1. The number of hydrogen-bond donors (Lipinski definition) is 0. The van der Waals surface area contributed by atoms with Crippen LogP contribution in [0.4, 0.5) is 0 Å². The van der Waals surface area contributed by atoms with Gasteiger partial charge in [-0.05, 0) is 25.3 Å². The Balaban J connectivity index is 1.93. The zero-order chi connectivity index (χ0) is 20.4. The molecule has 1 fully saturated rings. The summed E-state index contributed by atoms with van der Waals surface area (Å²) in [6.07, 6.45) is 3.09. The molecule has 1 saturated heterocycles. The van der Waals surface area contributed by atoms with E-state index in [0.29, 0.717) is 41.0 Å². The highest BCUT2D eigenvalue weighted by atomic mass is 16.5. The van der Waals surface area contributed by atoms with E-state index in [1.807, 2.05) is 11.0 Å². The molecule has 1 aliphatic rings. The molecule has 1 aromatic heterocycles. The first-order valence-corrected chi connectivity index (χ1v) is 9.67. The number of rotatable bonds is 4. The highest BCUT2D eigenvalue weighted by molar-refractivity contribution is 6.04. The van der Waals surface area contributed by atoms with Gasteiger partial charge in [-0.15, -0.1) is 0 Å². The zero-order valence-electron chi connectivity index (χ0n) is 16.6. The Labute approximate surface area is 168 Å². The molecule has 4 rings (SSSR count). The van der Waals surface area contributed by atoms with E-state index in [1.165, 1.54) is 4.68 Å². The monoisotopic (exact) mass is 393 g/mol. The fourth-order valence-corrected chi connectivity index (χ4v) is 3.68.